The van der Waals surface area contributed by atoms with Crippen LogP contribution in [0.1, 0.15) is 5.56 Å². The highest BCUT2D eigenvalue weighted by atomic mass is 127. The molecular formula is C20H12Cl2IN3O4S. The van der Waals surface area contributed by atoms with Gasteiger partial charge in [0.2, 0.25) is 0 Å². The molecule has 1 N–H and O–H groups in total. The van der Waals surface area contributed by atoms with Crippen LogP contribution < -0.4 is 19.7 Å². The number of carbonyl (C=O) groups is 2. The maximum atomic E-state index is 13.2. The molecule has 1 saturated heterocycles. The van der Waals surface area contributed by atoms with Crippen molar-refractivity contribution in [3.63, 3.8) is 0 Å². The van der Waals surface area contributed by atoms with Crippen LogP contribution in [-0.2, 0) is 9.59 Å². The number of anilines is 1. The first-order valence-corrected chi connectivity index (χ1v) is 10.8. The van der Waals surface area contributed by atoms with Crippen molar-refractivity contribution < 1.29 is 19.1 Å². The van der Waals surface area contributed by atoms with Crippen LogP contribution in [0.25, 0.3) is 6.08 Å². The van der Waals surface area contributed by atoms with Gasteiger partial charge in [0, 0.05) is 0 Å². The van der Waals surface area contributed by atoms with Gasteiger partial charge in [0.1, 0.15) is 11.6 Å². The Hall–Kier alpha value is -2.39. The van der Waals surface area contributed by atoms with Gasteiger partial charge in [-0.3, -0.25) is 19.8 Å². The molecule has 0 spiro atoms. The van der Waals surface area contributed by atoms with Crippen LogP contribution in [0.2, 0.25) is 10.0 Å². The Bertz CT molecular complexity index is 1180. The van der Waals surface area contributed by atoms with Crippen LogP contribution in [0, 0.1) is 14.9 Å². The third-order valence-electron chi connectivity index (χ3n) is 4.12. The molecule has 1 fully saturated rings. The van der Waals surface area contributed by atoms with E-state index in [4.69, 9.17) is 50.2 Å². The van der Waals surface area contributed by atoms with E-state index in [1.807, 2.05) is 28.7 Å². The highest BCUT2D eigenvalue weighted by Gasteiger charge is 2.35. The minimum Gasteiger partial charge on any atom is -0.493 e. The summed E-state index contributed by atoms with van der Waals surface area (Å²) in [5.41, 5.74) is 0.602. The summed E-state index contributed by atoms with van der Waals surface area (Å²) in [4.78, 5) is 26.8. The number of nitrogens with zero attached hydrogens (tertiary/aromatic N) is 2. The van der Waals surface area contributed by atoms with Gasteiger partial charge in [0.15, 0.2) is 23.2 Å². The molecule has 1 aliphatic rings. The first-order chi connectivity index (χ1) is 14.8. The fraction of sp³-hybridized carbons (Fsp3) is 0.100. The summed E-state index contributed by atoms with van der Waals surface area (Å²) < 4.78 is 11.4. The van der Waals surface area contributed by atoms with Crippen molar-refractivity contribution in [2.45, 2.75) is 0 Å². The number of hydrogen-bond acceptors (Lipinski definition) is 6. The number of amides is 2. The van der Waals surface area contributed by atoms with Crippen molar-refractivity contribution in [2.24, 2.45) is 0 Å². The van der Waals surface area contributed by atoms with Gasteiger partial charge in [0.25, 0.3) is 11.8 Å². The Morgan fingerprint density at radius 2 is 2.06 bits per heavy atom. The summed E-state index contributed by atoms with van der Waals surface area (Å²) in [7, 11) is 1.45. The lowest BCUT2D eigenvalue weighted by molar-refractivity contribution is -0.122. The van der Waals surface area contributed by atoms with Crippen LogP contribution in [0.3, 0.4) is 0 Å². The second-order valence-corrected chi connectivity index (χ2v) is 8.35. The first kappa shape index (κ1) is 23.3. The molecule has 1 heterocycles. The van der Waals surface area contributed by atoms with Crippen molar-refractivity contribution in [3.8, 4) is 17.6 Å². The van der Waals surface area contributed by atoms with Gasteiger partial charge < -0.3 is 9.47 Å². The van der Waals surface area contributed by atoms with Gasteiger partial charge in [-0.25, -0.2) is 0 Å². The summed E-state index contributed by atoms with van der Waals surface area (Å²) in [6.07, 6.45) is 1.41. The number of ether oxygens (including phenoxy) is 2. The Labute approximate surface area is 206 Å². The molecule has 2 amide bonds. The second-order valence-electron chi connectivity index (χ2n) is 6.01. The van der Waals surface area contributed by atoms with Crippen LogP contribution in [-0.4, -0.2) is 30.6 Å². The molecule has 0 unspecified atom stereocenters. The lowest BCUT2D eigenvalue weighted by Crippen LogP contribution is -2.54. The predicted octanol–water partition coefficient (Wildman–Crippen LogP) is 4.34. The molecule has 31 heavy (non-hydrogen) atoms. The summed E-state index contributed by atoms with van der Waals surface area (Å²) in [6.45, 7) is -0.152. The van der Waals surface area contributed by atoms with Crippen LogP contribution in [0.4, 0.5) is 5.69 Å². The second kappa shape index (κ2) is 9.82. The molecule has 158 valence electrons. The largest absolute Gasteiger partial charge is 0.493 e. The molecule has 3 rings (SSSR count). The van der Waals surface area contributed by atoms with E-state index >= 15 is 0 Å². The molecule has 1 aliphatic heterocycles. The Kier molecular flexibility index (Phi) is 7.38. The van der Waals surface area contributed by atoms with E-state index in [1.54, 1.807) is 30.3 Å². The third-order valence-corrected chi connectivity index (χ3v) is 6.01. The van der Waals surface area contributed by atoms with Gasteiger partial charge in [0.05, 0.1) is 26.4 Å². The molecule has 2 aromatic carbocycles. The zero-order valence-corrected chi connectivity index (χ0v) is 20.2. The topological polar surface area (TPSA) is 91.7 Å². The maximum absolute atomic E-state index is 13.2. The summed E-state index contributed by atoms with van der Waals surface area (Å²) in [5, 5.41) is 11.5. The maximum Gasteiger partial charge on any atom is 0.270 e. The van der Waals surface area contributed by atoms with E-state index in [0.717, 1.165) is 4.90 Å². The zero-order valence-electron chi connectivity index (χ0n) is 15.7. The van der Waals surface area contributed by atoms with E-state index in [9.17, 15) is 9.59 Å². The predicted molar refractivity (Wildman–Crippen MR) is 129 cm³/mol. The number of methoxy groups -OCH3 is 1. The van der Waals surface area contributed by atoms with Gasteiger partial charge in [-0.1, -0.05) is 29.3 Å². The summed E-state index contributed by atoms with van der Waals surface area (Å²) in [5.74, 6) is -0.567. The number of rotatable bonds is 5. The average molecular weight is 588 g/mol. The highest BCUT2D eigenvalue weighted by Crippen LogP contribution is 2.36. The normalized spacial score (nSPS) is 15.0. The number of hydrogen-bond donors (Lipinski definition) is 1. The van der Waals surface area contributed by atoms with Gasteiger partial charge >= 0.3 is 0 Å². The number of carbonyl (C=O) groups excluding carboxylic acids is 2. The van der Waals surface area contributed by atoms with Crippen molar-refractivity contribution in [1.29, 1.82) is 5.26 Å². The minimum absolute atomic E-state index is 0.108. The fourth-order valence-electron chi connectivity index (χ4n) is 2.78. The monoisotopic (exact) mass is 587 g/mol. The smallest absolute Gasteiger partial charge is 0.270 e. The quantitative estimate of drug-likeness (QED) is 0.242. The molecule has 0 atom stereocenters. The van der Waals surface area contributed by atoms with Crippen LogP contribution in [0.15, 0.2) is 35.9 Å². The van der Waals surface area contributed by atoms with Crippen LogP contribution >= 0.6 is 58.0 Å². The molecule has 2 aromatic rings. The Balaban J connectivity index is 2.05. The number of nitrogens with one attached hydrogen (secondary N) is 1. The molecule has 0 aliphatic carbocycles. The fourth-order valence-corrected chi connectivity index (χ4v) is 4.21. The van der Waals surface area contributed by atoms with Crippen molar-refractivity contribution in [3.05, 3.63) is 55.1 Å². The van der Waals surface area contributed by atoms with Crippen molar-refractivity contribution in [2.75, 3.05) is 18.6 Å². The van der Waals surface area contributed by atoms with E-state index < -0.39 is 11.8 Å². The molecule has 0 saturated carbocycles. The summed E-state index contributed by atoms with van der Waals surface area (Å²) in [6, 6.07) is 9.93. The van der Waals surface area contributed by atoms with Crippen molar-refractivity contribution in [1.82, 2.24) is 5.32 Å². The van der Waals surface area contributed by atoms with Crippen molar-refractivity contribution >= 4 is 86.7 Å². The third kappa shape index (κ3) is 4.77. The molecule has 0 bridgehead atoms. The number of nitriles is 1. The van der Waals surface area contributed by atoms with E-state index in [1.165, 1.54) is 13.2 Å². The van der Waals surface area contributed by atoms with Gasteiger partial charge in [-0.2, -0.15) is 5.26 Å². The number of benzene rings is 2. The first-order valence-electron chi connectivity index (χ1n) is 8.51. The lowest BCUT2D eigenvalue weighted by atomic mass is 10.1. The van der Waals surface area contributed by atoms with E-state index in [0.29, 0.717) is 20.6 Å². The van der Waals surface area contributed by atoms with E-state index in [-0.39, 0.29) is 33.0 Å². The average Bonchev–Trinajstić information content (AvgIpc) is 2.73. The van der Waals surface area contributed by atoms with Gasteiger partial charge in [-0.05, 0) is 70.7 Å². The number of thiocarbonyl (C=S) groups is 1. The summed E-state index contributed by atoms with van der Waals surface area (Å²) >= 11 is 19.5. The Morgan fingerprint density at radius 3 is 2.74 bits per heavy atom. The Morgan fingerprint density at radius 1 is 1.32 bits per heavy atom. The highest BCUT2D eigenvalue weighted by molar-refractivity contribution is 14.1. The molecule has 7 nitrogen and oxygen atoms in total. The minimum atomic E-state index is -0.656. The standard InChI is InChI=1S/C20H12Cl2IN3O4S/c1-29-15-9-10(8-13(23)17(15)30-6-5-24)7-11-18(27)25-20(31)26(19(11)28)14-4-2-3-12(21)16(14)22/h2-4,7-9H,6H2,1H3,(H,25,27,31)/b11-7+. The van der Waals surface area contributed by atoms with E-state index in [2.05, 4.69) is 5.32 Å². The van der Waals surface area contributed by atoms with Gasteiger partial charge in [-0.15, -0.1) is 0 Å². The molecular weight excluding hydrogens is 576 g/mol. The molecule has 11 heteroatoms. The number of halogens is 3. The van der Waals surface area contributed by atoms with Crippen LogP contribution in [0.5, 0.6) is 11.5 Å². The SMILES string of the molecule is COc1cc(/C=C2\C(=O)NC(=S)N(c3cccc(Cl)c3Cl)C2=O)cc(I)c1OCC#N. The zero-order chi connectivity index (χ0) is 22.7. The lowest BCUT2D eigenvalue weighted by Gasteiger charge is -2.29. The molecule has 0 radical (unpaired) electrons. The molecule has 0 aromatic heterocycles.